The molecule has 3 heterocycles. The molecule has 0 fully saturated rings. The van der Waals surface area contributed by atoms with Crippen molar-refractivity contribution in [2.24, 2.45) is 0 Å². The number of benzene rings is 7. The Morgan fingerprint density at radius 1 is 0.423 bits per heavy atom. The third-order valence-electron chi connectivity index (χ3n) is 10.6. The molecule has 2 aromatic heterocycles. The molecule has 0 N–H and O–H groups in total. The molecule has 9 aromatic rings. The smallest absolute Gasteiger partial charge is 0.164 e. The van der Waals surface area contributed by atoms with Crippen molar-refractivity contribution in [3.8, 4) is 67.5 Å². The fourth-order valence-electron chi connectivity index (χ4n) is 7.87. The molecule has 0 unspecified atom stereocenters. The maximum atomic E-state index is 6.80. The van der Waals surface area contributed by atoms with E-state index in [1.807, 2.05) is 18.2 Å². The molecule has 0 saturated carbocycles. The third kappa shape index (κ3) is 4.85. The Morgan fingerprint density at radius 2 is 0.904 bits per heavy atom. The number of para-hydroxylation sites is 1. The lowest BCUT2D eigenvalue weighted by Crippen LogP contribution is -2.49. The summed E-state index contributed by atoms with van der Waals surface area (Å²) in [7, 11) is -2.08. The molecule has 4 nitrogen and oxygen atoms in total. The highest BCUT2D eigenvalue weighted by atomic mass is 28.3. The zero-order valence-electron chi connectivity index (χ0n) is 28.8. The van der Waals surface area contributed by atoms with E-state index >= 15 is 0 Å². The predicted octanol–water partition coefficient (Wildman–Crippen LogP) is 10.9. The van der Waals surface area contributed by atoms with Crippen molar-refractivity contribution in [2.45, 2.75) is 13.1 Å². The van der Waals surface area contributed by atoms with Crippen molar-refractivity contribution < 1.29 is 4.42 Å². The lowest BCUT2D eigenvalue weighted by Gasteiger charge is -2.19. The second kappa shape index (κ2) is 11.8. The van der Waals surface area contributed by atoms with Crippen LogP contribution < -0.4 is 10.4 Å². The van der Waals surface area contributed by atoms with Crippen LogP contribution in [0.25, 0.3) is 89.5 Å². The van der Waals surface area contributed by atoms with Crippen molar-refractivity contribution in [1.29, 1.82) is 0 Å². The number of hydrogen-bond donors (Lipinski definition) is 0. The van der Waals surface area contributed by atoms with E-state index in [4.69, 9.17) is 19.4 Å². The van der Waals surface area contributed by atoms with Gasteiger partial charge in [-0.2, -0.15) is 0 Å². The molecule has 52 heavy (non-hydrogen) atoms. The standard InChI is InChI=1S/C47H33N3OSi/c1-52(2)40-20-12-10-18-37(40)43-41(52)29-38(42-36-17-9-11-19-39(36)51-44(42)43)47-49-45(34-25-21-32(22-26-34)30-13-5-3-6-14-30)48-46(50-47)35-27-23-33(24-28-35)31-15-7-4-8-16-31/h3-29H,1-2H3. The Morgan fingerprint density at radius 3 is 1.52 bits per heavy atom. The zero-order chi connectivity index (χ0) is 34.8. The minimum Gasteiger partial charge on any atom is -0.455 e. The highest BCUT2D eigenvalue weighted by molar-refractivity contribution is 7.04. The summed E-state index contributed by atoms with van der Waals surface area (Å²) in [4.78, 5) is 15.7. The molecule has 0 saturated heterocycles. The van der Waals surface area contributed by atoms with Gasteiger partial charge in [-0.25, -0.2) is 15.0 Å². The van der Waals surface area contributed by atoms with Crippen molar-refractivity contribution in [3.63, 3.8) is 0 Å². The van der Waals surface area contributed by atoms with Crippen LogP contribution in [0.15, 0.2) is 168 Å². The lowest BCUT2D eigenvalue weighted by atomic mass is 9.98. The van der Waals surface area contributed by atoms with E-state index in [0.717, 1.165) is 49.8 Å². The van der Waals surface area contributed by atoms with E-state index in [-0.39, 0.29) is 0 Å². The van der Waals surface area contributed by atoms with E-state index in [2.05, 4.69) is 159 Å². The minimum absolute atomic E-state index is 0.632. The van der Waals surface area contributed by atoms with Gasteiger partial charge in [0.15, 0.2) is 17.5 Å². The highest BCUT2D eigenvalue weighted by Crippen LogP contribution is 2.43. The molecule has 246 valence electrons. The van der Waals surface area contributed by atoms with E-state index in [0.29, 0.717) is 17.5 Å². The quantitative estimate of drug-likeness (QED) is 0.169. The first-order valence-corrected chi connectivity index (χ1v) is 20.7. The van der Waals surface area contributed by atoms with Crippen LogP contribution in [0.5, 0.6) is 0 Å². The SMILES string of the molecule is C[Si]1(C)c2ccccc2-c2c1cc(-c1nc(-c3ccc(-c4ccccc4)cc3)nc(-c3ccc(-c4ccccc4)cc3)n1)c1c2oc2ccccc21. The second-order valence-electron chi connectivity index (χ2n) is 14.0. The summed E-state index contributed by atoms with van der Waals surface area (Å²) in [5.74, 6) is 1.90. The monoisotopic (exact) mass is 683 g/mol. The first-order chi connectivity index (χ1) is 25.5. The molecule has 7 aromatic carbocycles. The van der Waals surface area contributed by atoms with Crippen LogP contribution in [0.2, 0.25) is 13.1 Å². The Hall–Kier alpha value is -6.43. The second-order valence-corrected chi connectivity index (χ2v) is 18.3. The number of hydrogen-bond acceptors (Lipinski definition) is 4. The van der Waals surface area contributed by atoms with Gasteiger partial charge in [0.25, 0.3) is 0 Å². The summed E-state index contributed by atoms with van der Waals surface area (Å²) < 4.78 is 6.80. The molecule has 5 heteroatoms. The van der Waals surface area contributed by atoms with Crippen molar-refractivity contribution in [2.75, 3.05) is 0 Å². The number of nitrogens with zero attached hydrogens (tertiary/aromatic N) is 3. The van der Waals surface area contributed by atoms with Gasteiger partial charge in [0, 0.05) is 33.0 Å². The predicted molar refractivity (Wildman–Crippen MR) is 216 cm³/mol. The van der Waals surface area contributed by atoms with Gasteiger partial charge in [0.1, 0.15) is 19.2 Å². The molecule has 0 atom stereocenters. The first-order valence-electron chi connectivity index (χ1n) is 17.7. The molecule has 10 rings (SSSR count). The molecular weight excluding hydrogens is 651 g/mol. The van der Waals surface area contributed by atoms with Gasteiger partial charge in [-0.05, 0) is 50.3 Å². The fraction of sp³-hybridized carbons (Fsp3) is 0.0426. The number of aromatic nitrogens is 3. The van der Waals surface area contributed by atoms with Crippen molar-refractivity contribution in [3.05, 3.63) is 164 Å². The van der Waals surface area contributed by atoms with Gasteiger partial charge < -0.3 is 4.42 Å². The van der Waals surface area contributed by atoms with Gasteiger partial charge in [-0.1, -0.05) is 165 Å². The van der Waals surface area contributed by atoms with E-state index < -0.39 is 8.07 Å². The summed E-state index contributed by atoms with van der Waals surface area (Å²) in [6, 6.07) is 57.4. The van der Waals surface area contributed by atoms with Gasteiger partial charge in [-0.15, -0.1) is 0 Å². The molecule has 1 aliphatic rings. The van der Waals surface area contributed by atoms with Crippen LogP contribution in [0.4, 0.5) is 0 Å². The number of furan rings is 1. The molecule has 0 radical (unpaired) electrons. The van der Waals surface area contributed by atoms with Crippen LogP contribution in [-0.2, 0) is 0 Å². The average Bonchev–Trinajstić information content (AvgIpc) is 3.71. The normalized spacial score (nSPS) is 13.0. The van der Waals surface area contributed by atoms with Crippen LogP contribution >= 0.6 is 0 Å². The first kappa shape index (κ1) is 30.4. The Bertz CT molecular complexity index is 2690. The van der Waals surface area contributed by atoms with Gasteiger partial charge in [0.2, 0.25) is 0 Å². The summed E-state index contributed by atoms with van der Waals surface area (Å²) in [6.45, 7) is 4.87. The maximum Gasteiger partial charge on any atom is 0.164 e. The largest absolute Gasteiger partial charge is 0.455 e. The number of rotatable bonds is 5. The van der Waals surface area contributed by atoms with Crippen LogP contribution in [0, 0.1) is 0 Å². The Kier molecular flexibility index (Phi) is 6.91. The van der Waals surface area contributed by atoms with Gasteiger partial charge >= 0.3 is 0 Å². The van der Waals surface area contributed by atoms with Crippen LogP contribution in [0.1, 0.15) is 0 Å². The topological polar surface area (TPSA) is 51.8 Å². The van der Waals surface area contributed by atoms with Crippen LogP contribution in [-0.4, -0.2) is 23.0 Å². The molecule has 0 bridgehead atoms. The summed E-state index contributed by atoms with van der Waals surface area (Å²) in [5, 5.41) is 4.87. The maximum absolute atomic E-state index is 6.80. The molecule has 0 aliphatic carbocycles. The summed E-state index contributed by atoms with van der Waals surface area (Å²) in [5.41, 5.74) is 11.7. The number of fused-ring (bicyclic) bond motifs is 7. The van der Waals surface area contributed by atoms with E-state index in [9.17, 15) is 0 Å². The zero-order valence-corrected chi connectivity index (χ0v) is 29.8. The third-order valence-corrected chi connectivity index (χ3v) is 14.1. The van der Waals surface area contributed by atoms with Gasteiger partial charge in [-0.3, -0.25) is 0 Å². The molecular formula is C47H33N3OSi. The summed E-state index contributed by atoms with van der Waals surface area (Å²) >= 11 is 0. The van der Waals surface area contributed by atoms with E-state index in [1.54, 1.807) is 0 Å². The summed E-state index contributed by atoms with van der Waals surface area (Å²) in [6.07, 6.45) is 0. The molecule has 0 amide bonds. The Balaban J connectivity index is 1.21. The van der Waals surface area contributed by atoms with Crippen molar-refractivity contribution >= 4 is 40.4 Å². The molecule has 1 aliphatic heterocycles. The highest BCUT2D eigenvalue weighted by Gasteiger charge is 2.40. The lowest BCUT2D eigenvalue weighted by molar-refractivity contribution is 0.670. The van der Waals surface area contributed by atoms with Crippen molar-refractivity contribution in [1.82, 2.24) is 15.0 Å². The Labute approximate surface area is 303 Å². The van der Waals surface area contributed by atoms with Crippen LogP contribution in [0.3, 0.4) is 0 Å². The fourth-order valence-corrected chi connectivity index (χ4v) is 10.9. The molecule has 0 spiro atoms. The average molecular weight is 684 g/mol. The van der Waals surface area contributed by atoms with E-state index in [1.165, 1.54) is 32.6 Å². The van der Waals surface area contributed by atoms with Gasteiger partial charge in [0.05, 0.1) is 0 Å². The minimum atomic E-state index is -2.08.